The molecule has 0 spiro atoms. The van der Waals surface area contributed by atoms with E-state index in [9.17, 15) is 19.5 Å². The Morgan fingerprint density at radius 1 is 1.18 bits per heavy atom. The smallest absolute Gasteiger partial charge is 0.257 e. The molecule has 1 heterocycles. The molecule has 3 rings (SSSR count). The van der Waals surface area contributed by atoms with Crippen LogP contribution in [0.2, 0.25) is 0 Å². The van der Waals surface area contributed by atoms with Gasteiger partial charge in [0.2, 0.25) is 0 Å². The Kier molecular flexibility index (Phi) is 2.11. The molecule has 0 aromatic heterocycles. The molecule has 0 N–H and O–H groups in total. The fourth-order valence-electron chi connectivity index (χ4n) is 3.31. The second kappa shape index (κ2) is 3.42. The lowest BCUT2D eigenvalue weighted by Crippen LogP contribution is -2.37. The van der Waals surface area contributed by atoms with E-state index >= 15 is 0 Å². The van der Waals surface area contributed by atoms with Crippen LogP contribution in [-0.4, -0.2) is 29.2 Å². The van der Waals surface area contributed by atoms with Crippen LogP contribution in [0.25, 0.3) is 0 Å². The molecule has 17 heavy (non-hydrogen) atoms. The molecule has 5 heteroatoms. The second-order valence-electron chi connectivity index (χ2n) is 4.92. The summed E-state index contributed by atoms with van der Waals surface area (Å²) in [7, 11) is 0. The quantitative estimate of drug-likeness (QED) is 0.600. The first-order valence-corrected chi connectivity index (χ1v) is 5.89. The topological polar surface area (TPSA) is 77.5 Å². The molecule has 0 saturated heterocycles. The molecule has 1 saturated carbocycles. The number of carboxylic acids is 1. The van der Waals surface area contributed by atoms with Crippen molar-refractivity contribution in [2.45, 2.75) is 25.7 Å². The molecule has 0 radical (unpaired) electrons. The van der Waals surface area contributed by atoms with Crippen molar-refractivity contribution in [3.8, 4) is 0 Å². The van der Waals surface area contributed by atoms with Gasteiger partial charge in [-0.2, -0.15) is 0 Å². The SMILES string of the molecule is O=C([O-])CCN1C(=O)C2=C(C1=O)C1CCC2C1. The summed E-state index contributed by atoms with van der Waals surface area (Å²) in [5.41, 5.74) is 1.34. The minimum absolute atomic E-state index is 0.0631. The van der Waals surface area contributed by atoms with Crippen molar-refractivity contribution in [2.75, 3.05) is 6.54 Å². The molecule has 90 valence electrons. The average Bonchev–Trinajstić information content (AvgIpc) is 2.92. The number of nitrogens with zero attached hydrogens (tertiary/aromatic N) is 1. The standard InChI is InChI=1S/C12H13NO4/c14-8(15)3-4-13-11(16)9-6-1-2-7(5-6)10(9)12(13)17/h6-7H,1-5H2,(H,14,15)/p-1. The van der Waals surface area contributed by atoms with Gasteiger partial charge in [0.1, 0.15) is 0 Å². The lowest BCUT2D eigenvalue weighted by atomic mass is 9.93. The summed E-state index contributed by atoms with van der Waals surface area (Å²) in [6, 6.07) is 0. The maximum Gasteiger partial charge on any atom is 0.257 e. The molecule has 2 aliphatic carbocycles. The molecule has 0 aromatic rings. The average molecular weight is 234 g/mol. The van der Waals surface area contributed by atoms with Gasteiger partial charge in [0, 0.05) is 30.1 Å². The number of likely N-dealkylation sites (tertiary alicyclic amines) is 1. The van der Waals surface area contributed by atoms with E-state index in [4.69, 9.17) is 0 Å². The van der Waals surface area contributed by atoms with Gasteiger partial charge in [0.05, 0.1) is 0 Å². The number of hydrogen-bond acceptors (Lipinski definition) is 4. The lowest BCUT2D eigenvalue weighted by Gasteiger charge is -2.17. The highest BCUT2D eigenvalue weighted by Gasteiger charge is 2.51. The zero-order chi connectivity index (χ0) is 12.2. The number of carboxylic acid groups (broad SMARTS) is 1. The summed E-state index contributed by atoms with van der Waals surface area (Å²) in [5, 5.41) is 10.4. The summed E-state index contributed by atoms with van der Waals surface area (Å²) in [6.07, 6.45) is 2.61. The van der Waals surface area contributed by atoms with Gasteiger partial charge in [-0.3, -0.25) is 14.5 Å². The van der Waals surface area contributed by atoms with Crippen LogP contribution in [0.4, 0.5) is 0 Å². The van der Waals surface area contributed by atoms with Crippen LogP contribution in [0.5, 0.6) is 0 Å². The van der Waals surface area contributed by atoms with E-state index in [2.05, 4.69) is 0 Å². The molecule has 3 aliphatic rings. The molecule has 1 fully saturated rings. The molecule has 2 unspecified atom stereocenters. The third-order valence-electron chi connectivity index (χ3n) is 4.03. The summed E-state index contributed by atoms with van der Waals surface area (Å²) < 4.78 is 0. The van der Waals surface area contributed by atoms with Crippen molar-refractivity contribution >= 4 is 17.8 Å². The zero-order valence-electron chi connectivity index (χ0n) is 9.27. The van der Waals surface area contributed by atoms with E-state index in [-0.39, 0.29) is 36.6 Å². The molecular formula is C12H12NO4-. The van der Waals surface area contributed by atoms with E-state index in [1.807, 2.05) is 0 Å². The first-order chi connectivity index (χ1) is 8.09. The van der Waals surface area contributed by atoms with Crippen LogP contribution in [0.1, 0.15) is 25.7 Å². The minimum atomic E-state index is -1.24. The number of amides is 2. The molecular weight excluding hydrogens is 222 g/mol. The Bertz CT molecular complexity index is 433. The highest BCUT2D eigenvalue weighted by molar-refractivity contribution is 6.20. The molecule has 5 nitrogen and oxygen atoms in total. The minimum Gasteiger partial charge on any atom is -0.550 e. The van der Waals surface area contributed by atoms with Crippen LogP contribution in [0.15, 0.2) is 11.1 Å². The fraction of sp³-hybridized carbons (Fsp3) is 0.583. The van der Waals surface area contributed by atoms with Crippen LogP contribution in [-0.2, 0) is 14.4 Å². The largest absolute Gasteiger partial charge is 0.550 e. The summed E-state index contributed by atoms with van der Waals surface area (Å²) >= 11 is 0. The fourth-order valence-corrected chi connectivity index (χ4v) is 3.31. The van der Waals surface area contributed by atoms with E-state index in [1.54, 1.807) is 0 Å². The second-order valence-corrected chi connectivity index (χ2v) is 4.92. The number of carbonyl (C=O) groups is 3. The lowest BCUT2D eigenvalue weighted by molar-refractivity contribution is -0.305. The van der Waals surface area contributed by atoms with Gasteiger partial charge in [-0.15, -0.1) is 0 Å². The summed E-state index contributed by atoms with van der Waals surface area (Å²) in [4.78, 5) is 35.5. The van der Waals surface area contributed by atoms with E-state index in [0.717, 1.165) is 24.2 Å². The maximum absolute atomic E-state index is 12.0. The third-order valence-corrected chi connectivity index (χ3v) is 4.03. The highest BCUT2D eigenvalue weighted by Crippen LogP contribution is 2.52. The van der Waals surface area contributed by atoms with Gasteiger partial charge < -0.3 is 9.90 Å². The Labute approximate surface area is 98.1 Å². The summed E-state index contributed by atoms with van der Waals surface area (Å²) in [5.74, 6) is -1.30. The van der Waals surface area contributed by atoms with Crippen molar-refractivity contribution in [2.24, 2.45) is 11.8 Å². The number of rotatable bonds is 3. The van der Waals surface area contributed by atoms with Crippen LogP contribution in [0.3, 0.4) is 0 Å². The van der Waals surface area contributed by atoms with Crippen molar-refractivity contribution in [1.82, 2.24) is 4.90 Å². The Hall–Kier alpha value is -1.65. The van der Waals surface area contributed by atoms with Gasteiger partial charge >= 0.3 is 0 Å². The van der Waals surface area contributed by atoms with Crippen LogP contribution < -0.4 is 5.11 Å². The van der Waals surface area contributed by atoms with Crippen molar-refractivity contribution in [1.29, 1.82) is 0 Å². The number of hydrogen-bond donors (Lipinski definition) is 0. The first-order valence-electron chi connectivity index (χ1n) is 5.89. The predicted molar refractivity (Wildman–Crippen MR) is 54.2 cm³/mol. The van der Waals surface area contributed by atoms with Crippen molar-refractivity contribution < 1.29 is 19.5 Å². The number of carbonyl (C=O) groups excluding carboxylic acids is 3. The molecule has 2 amide bonds. The van der Waals surface area contributed by atoms with Gasteiger partial charge in [-0.05, 0) is 31.1 Å². The zero-order valence-corrected chi connectivity index (χ0v) is 9.27. The Balaban J connectivity index is 1.83. The number of imide groups is 1. The predicted octanol–water partition coefficient (Wildman–Crippen LogP) is -0.778. The number of fused-ring (bicyclic) bond motifs is 4. The molecule has 1 aliphatic heterocycles. The highest BCUT2D eigenvalue weighted by atomic mass is 16.4. The first kappa shape index (κ1) is 10.5. The molecule has 2 bridgehead atoms. The molecule has 2 atom stereocenters. The Morgan fingerprint density at radius 3 is 2.18 bits per heavy atom. The molecule has 0 aromatic carbocycles. The normalized spacial score (nSPS) is 30.5. The van der Waals surface area contributed by atoms with E-state index in [1.165, 1.54) is 0 Å². The van der Waals surface area contributed by atoms with E-state index in [0.29, 0.717) is 11.1 Å². The Morgan fingerprint density at radius 2 is 1.71 bits per heavy atom. The summed E-state index contributed by atoms with van der Waals surface area (Å²) in [6.45, 7) is -0.0631. The van der Waals surface area contributed by atoms with Gasteiger partial charge in [-0.25, -0.2) is 0 Å². The van der Waals surface area contributed by atoms with Crippen molar-refractivity contribution in [3.63, 3.8) is 0 Å². The third kappa shape index (κ3) is 1.34. The number of aliphatic carboxylic acids is 1. The van der Waals surface area contributed by atoms with E-state index < -0.39 is 5.97 Å². The monoisotopic (exact) mass is 234 g/mol. The van der Waals surface area contributed by atoms with Gasteiger partial charge in [0.15, 0.2) is 0 Å². The van der Waals surface area contributed by atoms with Gasteiger partial charge in [-0.1, -0.05) is 0 Å². The van der Waals surface area contributed by atoms with Gasteiger partial charge in [0.25, 0.3) is 11.8 Å². The van der Waals surface area contributed by atoms with Crippen molar-refractivity contribution in [3.05, 3.63) is 11.1 Å². The maximum atomic E-state index is 12.0. The van der Waals surface area contributed by atoms with Crippen LogP contribution in [0, 0.1) is 11.8 Å². The van der Waals surface area contributed by atoms with Crippen LogP contribution >= 0.6 is 0 Å².